The summed E-state index contributed by atoms with van der Waals surface area (Å²) in [6, 6.07) is 7.57. The van der Waals surface area contributed by atoms with E-state index in [2.05, 4.69) is 32.9 Å². The number of hydroxylamine groups is 2. The molecule has 1 heterocycles. The largest absolute Gasteiger partial charge is 0.411 e. The van der Waals surface area contributed by atoms with Crippen molar-refractivity contribution in [1.82, 2.24) is 5.06 Å². The summed E-state index contributed by atoms with van der Waals surface area (Å²) in [7, 11) is 0. The number of rotatable bonds is 5. The molecule has 1 fully saturated rings. The average Bonchev–Trinajstić information content (AvgIpc) is 2.50. The van der Waals surface area contributed by atoms with Gasteiger partial charge in [0.05, 0.1) is 23.7 Å². The summed E-state index contributed by atoms with van der Waals surface area (Å²) in [5.74, 6) is -0.228. The van der Waals surface area contributed by atoms with Crippen LogP contribution in [0.5, 0.6) is 0 Å². The van der Waals surface area contributed by atoms with Crippen LogP contribution in [-0.4, -0.2) is 33.5 Å². The van der Waals surface area contributed by atoms with E-state index in [1.807, 2.05) is 29.3 Å². The fraction of sp³-hybridized carbons (Fsp3) is 0.579. The number of carbonyl (C=O) groups excluding carboxylic acids is 1. The minimum absolute atomic E-state index is 0.154. The quantitative estimate of drug-likeness (QED) is 0.504. The summed E-state index contributed by atoms with van der Waals surface area (Å²) in [6.45, 7) is 8.48. The predicted octanol–water partition coefficient (Wildman–Crippen LogP) is 3.93. The normalized spacial score (nSPS) is 20.2. The molecule has 0 spiro atoms. The molecule has 0 atom stereocenters. The molecule has 5 heteroatoms. The Bertz CT molecular complexity index is 592. The molecular weight excluding hydrogens is 304 g/mol. The van der Waals surface area contributed by atoms with E-state index in [1.165, 1.54) is 6.21 Å². The van der Waals surface area contributed by atoms with Gasteiger partial charge < -0.3 is 10.0 Å². The standard InChI is InChI=1S/C19H28N2O3/c1-18(2)12-7-13-19(3,4)21(18)24-17(22)11-10-15-8-5-6-9-16(15)14-20-23/h5-6,8-9,14,23H,7,10-13H2,1-4H3/b20-14+. The molecule has 1 aliphatic heterocycles. The average molecular weight is 332 g/mol. The highest BCUT2D eigenvalue weighted by molar-refractivity contribution is 5.81. The lowest BCUT2D eigenvalue weighted by molar-refractivity contribution is -0.265. The summed E-state index contributed by atoms with van der Waals surface area (Å²) < 4.78 is 0. The van der Waals surface area contributed by atoms with Gasteiger partial charge in [0, 0.05) is 0 Å². The second-order valence-electron chi connectivity index (χ2n) is 7.68. The maximum absolute atomic E-state index is 12.4. The second-order valence-corrected chi connectivity index (χ2v) is 7.68. The number of piperidine rings is 1. The first-order chi connectivity index (χ1) is 11.3. The van der Waals surface area contributed by atoms with Gasteiger partial charge in [-0.05, 0) is 64.5 Å². The van der Waals surface area contributed by atoms with Gasteiger partial charge in [-0.1, -0.05) is 29.4 Å². The first-order valence-electron chi connectivity index (χ1n) is 8.53. The van der Waals surface area contributed by atoms with Crippen molar-refractivity contribution in [3.05, 3.63) is 35.4 Å². The smallest absolute Gasteiger partial charge is 0.325 e. The molecule has 0 unspecified atom stereocenters. The van der Waals surface area contributed by atoms with Gasteiger partial charge in [0.15, 0.2) is 0 Å². The Labute approximate surface area is 144 Å². The number of hydrogen-bond donors (Lipinski definition) is 1. The van der Waals surface area contributed by atoms with Gasteiger partial charge in [0.2, 0.25) is 0 Å². The lowest BCUT2D eigenvalue weighted by Gasteiger charge is -2.50. The fourth-order valence-corrected chi connectivity index (χ4v) is 3.56. The van der Waals surface area contributed by atoms with Gasteiger partial charge in [0.25, 0.3) is 0 Å². The van der Waals surface area contributed by atoms with Gasteiger partial charge in [-0.3, -0.25) is 4.79 Å². The van der Waals surface area contributed by atoms with Gasteiger partial charge >= 0.3 is 5.97 Å². The Morgan fingerprint density at radius 1 is 1.25 bits per heavy atom. The first-order valence-corrected chi connectivity index (χ1v) is 8.53. The second kappa shape index (κ2) is 7.34. The predicted molar refractivity (Wildman–Crippen MR) is 94.1 cm³/mol. The molecule has 1 aromatic carbocycles. The monoisotopic (exact) mass is 332 g/mol. The van der Waals surface area contributed by atoms with Gasteiger partial charge in [-0.25, -0.2) is 0 Å². The van der Waals surface area contributed by atoms with Crippen molar-refractivity contribution in [2.24, 2.45) is 5.16 Å². The maximum Gasteiger partial charge on any atom is 0.325 e. The van der Waals surface area contributed by atoms with Crippen LogP contribution in [0, 0.1) is 0 Å². The summed E-state index contributed by atoms with van der Waals surface area (Å²) in [5.41, 5.74) is 1.47. The van der Waals surface area contributed by atoms with Gasteiger partial charge in [0.1, 0.15) is 0 Å². The molecule has 0 radical (unpaired) electrons. The van der Waals surface area contributed by atoms with E-state index in [0.29, 0.717) is 12.8 Å². The number of oxime groups is 1. The lowest BCUT2D eigenvalue weighted by Crippen LogP contribution is -2.58. The van der Waals surface area contributed by atoms with E-state index in [1.54, 1.807) is 0 Å². The van der Waals surface area contributed by atoms with Crippen molar-refractivity contribution in [2.75, 3.05) is 0 Å². The lowest BCUT2D eigenvalue weighted by atomic mass is 9.82. The summed E-state index contributed by atoms with van der Waals surface area (Å²) in [6.07, 6.45) is 5.40. The Balaban J connectivity index is 2.01. The van der Waals surface area contributed by atoms with Crippen LogP contribution >= 0.6 is 0 Å². The van der Waals surface area contributed by atoms with Crippen LogP contribution in [0.4, 0.5) is 0 Å². The van der Waals surface area contributed by atoms with Crippen LogP contribution in [0.3, 0.4) is 0 Å². The molecule has 132 valence electrons. The van der Waals surface area contributed by atoms with Crippen molar-refractivity contribution in [1.29, 1.82) is 0 Å². The zero-order valence-electron chi connectivity index (χ0n) is 15.1. The SMILES string of the molecule is CC1(C)CCCC(C)(C)N1OC(=O)CCc1ccccc1/C=N/O. The van der Waals surface area contributed by atoms with Crippen LogP contribution in [0.2, 0.25) is 0 Å². The number of benzene rings is 1. The topological polar surface area (TPSA) is 62.1 Å². The van der Waals surface area contributed by atoms with Gasteiger partial charge in [-0.2, -0.15) is 0 Å². The summed E-state index contributed by atoms with van der Waals surface area (Å²) in [4.78, 5) is 18.1. The molecule has 5 nitrogen and oxygen atoms in total. The molecule has 0 saturated carbocycles. The van der Waals surface area contributed by atoms with E-state index < -0.39 is 0 Å². The number of nitrogens with zero attached hydrogens (tertiary/aromatic N) is 2. The third kappa shape index (κ3) is 4.35. The molecule has 1 saturated heterocycles. The molecule has 0 amide bonds. The molecule has 0 aliphatic carbocycles. The molecule has 1 N–H and O–H groups in total. The third-order valence-corrected chi connectivity index (χ3v) is 4.72. The van der Waals surface area contributed by atoms with Crippen LogP contribution in [0.15, 0.2) is 29.4 Å². The highest BCUT2D eigenvalue weighted by atomic mass is 16.7. The van der Waals surface area contributed by atoms with Crippen LogP contribution in [-0.2, 0) is 16.1 Å². The number of hydrogen-bond acceptors (Lipinski definition) is 5. The first kappa shape index (κ1) is 18.5. The highest BCUT2D eigenvalue weighted by Crippen LogP contribution is 2.38. The van der Waals surface area contributed by atoms with Crippen LogP contribution in [0.25, 0.3) is 0 Å². The van der Waals surface area contributed by atoms with E-state index in [0.717, 1.165) is 30.4 Å². The Morgan fingerprint density at radius 2 is 1.88 bits per heavy atom. The minimum Gasteiger partial charge on any atom is -0.411 e. The van der Waals surface area contributed by atoms with Crippen molar-refractivity contribution < 1.29 is 14.8 Å². The number of aryl methyl sites for hydroxylation is 1. The molecule has 0 aromatic heterocycles. The Kier molecular flexibility index (Phi) is 5.65. The van der Waals surface area contributed by atoms with E-state index in [-0.39, 0.29) is 17.0 Å². The Morgan fingerprint density at radius 3 is 2.50 bits per heavy atom. The molecule has 1 aliphatic rings. The van der Waals surface area contributed by atoms with Crippen molar-refractivity contribution in [3.63, 3.8) is 0 Å². The molecule has 0 bridgehead atoms. The van der Waals surface area contributed by atoms with E-state index >= 15 is 0 Å². The maximum atomic E-state index is 12.4. The summed E-state index contributed by atoms with van der Waals surface area (Å²) in [5, 5.41) is 13.7. The third-order valence-electron chi connectivity index (χ3n) is 4.72. The van der Waals surface area contributed by atoms with Crippen molar-refractivity contribution in [2.45, 2.75) is 70.9 Å². The fourth-order valence-electron chi connectivity index (χ4n) is 3.56. The Hall–Kier alpha value is -1.88. The van der Waals surface area contributed by atoms with Crippen molar-refractivity contribution >= 4 is 12.2 Å². The molecule has 2 rings (SSSR count). The molecule has 1 aromatic rings. The summed E-state index contributed by atoms with van der Waals surface area (Å²) >= 11 is 0. The van der Waals surface area contributed by atoms with E-state index in [4.69, 9.17) is 10.0 Å². The minimum atomic E-state index is -0.228. The molecular formula is C19H28N2O3. The van der Waals surface area contributed by atoms with E-state index in [9.17, 15) is 4.79 Å². The van der Waals surface area contributed by atoms with Crippen molar-refractivity contribution in [3.8, 4) is 0 Å². The highest BCUT2D eigenvalue weighted by Gasteiger charge is 2.44. The number of carbonyl (C=O) groups is 1. The molecule has 24 heavy (non-hydrogen) atoms. The van der Waals surface area contributed by atoms with Crippen LogP contribution in [0.1, 0.15) is 64.5 Å². The van der Waals surface area contributed by atoms with Crippen LogP contribution < -0.4 is 0 Å². The zero-order chi connectivity index (χ0) is 17.8. The van der Waals surface area contributed by atoms with Gasteiger partial charge in [-0.15, -0.1) is 5.06 Å². The zero-order valence-corrected chi connectivity index (χ0v) is 15.1.